The summed E-state index contributed by atoms with van der Waals surface area (Å²) in [5.74, 6) is -0.179. The third-order valence-corrected chi connectivity index (χ3v) is 3.91. The molecule has 0 aliphatic carbocycles. The molecule has 0 aliphatic heterocycles. The molecule has 0 saturated carbocycles. The molecule has 0 radical (unpaired) electrons. The van der Waals surface area contributed by atoms with Gasteiger partial charge in [0, 0.05) is 25.2 Å². The van der Waals surface area contributed by atoms with E-state index in [2.05, 4.69) is 5.32 Å². The number of carbonyl (C=O) groups excluding carboxylic acids is 2. The van der Waals surface area contributed by atoms with E-state index < -0.39 is 0 Å². The molecule has 2 rings (SSSR count). The Morgan fingerprint density at radius 3 is 2.09 bits per heavy atom. The monoisotopic (exact) mass is 310 g/mol. The number of nitrogens with one attached hydrogen (secondary N) is 1. The minimum absolute atomic E-state index is 0.0156. The van der Waals surface area contributed by atoms with Crippen molar-refractivity contribution < 1.29 is 9.59 Å². The van der Waals surface area contributed by atoms with Crippen LogP contribution in [0.15, 0.2) is 48.5 Å². The molecule has 0 fully saturated rings. The van der Waals surface area contributed by atoms with Crippen molar-refractivity contribution in [1.29, 1.82) is 0 Å². The third kappa shape index (κ3) is 4.19. The van der Waals surface area contributed by atoms with Crippen LogP contribution in [0.3, 0.4) is 0 Å². The van der Waals surface area contributed by atoms with Crippen LogP contribution in [0, 0.1) is 6.92 Å². The van der Waals surface area contributed by atoms with Crippen LogP contribution < -0.4 is 5.32 Å². The fourth-order valence-electron chi connectivity index (χ4n) is 2.35. The smallest absolute Gasteiger partial charge is 0.254 e. The van der Waals surface area contributed by atoms with Gasteiger partial charge in [0.25, 0.3) is 5.91 Å². The van der Waals surface area contributed by atoms with Crippen LogP contribution in [0.1, 0.15) is 41.4 Å². The van der Waals surface area contributed by atoms with Crippen molar-refractivity contribution in [1.82, 2.24) is 4.90 Å². The lowest BCUT2D eigenvalue weighted by Crippen LogP contribution is -2.29. The number of amides is 2. The molecule has 2 amide bonds. The number of nitrogens with zero attached hydrogens (tertiary/aromatic N) is 1. The number of carbonyl (C=O) groups is 2. The van der Waals surface area contributed by atoms with Crippen LogP contribution in [0.2, 0.25) is 0 Å². The van der Waals surface area contributed by atoms with Gasteiger partial charge in [-0.15, -0.1) is 0 Å². The minimum atomic E-state index is -0.130. The summed E-state index contributed by atoms with van der Waals surface area (Å²) in [7, 11) is 1.80. The summed E-state index contributed by atoms with van der Waals surface area (Å²) in [6.07, 6.45) is 0. The number of hydrogen-bond donors (Lipinski definition) is 1. The Balaban J connectivity index is 2.12. The minimum Gasteiger partial charge on any atom is -0.335 e. The fourth-order valence-corrected chi connectivity index (χ4v) is 2.35. The number of anilines is 1. The van der Waals surface area contributed by atoms with Crippen LogP contribution >= 0.6 is 0 Å². The lowest BCUT2D eigenvalue weighted by Gasteiger charge is -2.25. The average Bonchev–Trinajstić information content (AvgIpc) is 2.53. The van der Waals surface area contributed by atoms with E-state index in [0.717, 1.165) is 5.56 Å². The molecule has 0 aromatic heterocycles. The second-order valence-corrected chi connectivity index (χ2v) is 5.76. The molecule has 0 bridgehead atoms. The predicted octanol–water partition coefficient (Wildman–Crippen LogP) is 3.79. The fraction of sp³-hybridized carbons (Fsp3) is 0.263. The van der Waals surface area contributed by atoms with Crippen molar-refractivity contribution >= 4 is 17.5 Å². The maximum Gasteiger partial charge on any atom is 0.254 e. The normalized spacial score (nSPS) is 11.7. The van der Waals surface area contributed by atoms with Gasteiger partial charge in [-0.25, -0.2) is 0 Å². The van der Waals surface area contributed by atoms with Gasteiger partial charge in [0.2, 0.25) is 5.91 Å². The summed E-state index contributed by atoms with van der Waals surface area (Å²) in [6.45, 7) is 5.50. The topological polar surface area (TPSA) is 49.4 Å². The van der Waals surface area contributed by atoms with E-state index in [1.165, 1.54) is 12.5 Å². The highest BCUT2D eigenvalue weighted by Gasteiger charge is 2.18. The summed E-state index contributed by atoms with van der Waals surface area (Å²) in [5.41, 5.74) is 3.58. The van der Waals surface area contributed by atoms with Crippen LogP contribution in [0.25, 0.3) is 0 Å². The van der Waals surface area contributed by atoms with E-state index >= 15 is 0 Å². The lowest BCUT2D eigenvalue weighted by atomic mass is 10.0. The van der Waals surface area contributed by atoms with Crippen molar-refractivity contribution in [2.45, 2.75) is 26.8 Å². The highest BCUT2D eigenvalue weighted by atomic mass is 16.2. The van der Waals surface area contributed by atoms with E-state index in [4.69, 9.17) is 0 Å². The molecule has 120 valence electrons. The van der Waals surface area contributed by atoms with E-state index in [0.29, 0.717) is 11.3 Å². The van der Waals surface area contributed by atoms with Gasteiger partial charge in [-0.2, -0.15) is 0 Å². The van der Waals surface area contributed by atoms with Gasteiger partial charge in [-0.1, -0.05) is 29.8 Å². The van der Waals surface area contributed by atoms with Crippen molar-refractivity contribution in [3.8, 4) is 0 Å². The Bertz CT molecular complexity index is 690. The Morgan fingerprint density at radius 2 is 1.57 bits per heavy atom. The first-order valence-electron chi connectivity index (χ1n) is 7.60. The van der Waals surface area contributed by atoms with Gasteiger partial charge in [0.15, 0.2) is 0 Å². The molecule has 0 saturated heterocycles. The lowest BCUT2D eigenvalue weighted by molar-refractivity contribution is -0.114. The molecule has 4 heteroatoms. The Labute approximate surface area is 137 Å². The summed E-state index contributed by atoms with van der Waals surface area (Å²) in [4.78, 5) is 25.3. The maximum atomic E-state index is 12.6. The van der Waals surface area contributed by atoms with Crippen molar-refractivity contribution in [3.05, 3.63) is 65.2 Å². The van der Waals surface area contributed by atoms with Crippen LogP contribution in [0.4, 0.5) is 5.69 Å². The summed E-state index contributed by atoms with van der Waals surface area (Å²) < 4.78 is 0. The number of benzene rings is 2. The molecule has 2 aromatic rings. The molecule has 2 aromatic carbocycles. The van der Waals surface area contributed by atoms with E-state index in [1.807, 2.05) is 38.1 Å². The highest BCUT2D eigenvalue weighted by molar-refractivity contribution is 5.95. The second-order valence-electron chi connectivity index (χ2n) is 5.76. The van der Waals surface area contributed by atoms with E-state index in [1.54, 1.807) is 36.2 Å². The van der Waals surface area contributed by atoms with Gasteiger partial charge in [0.05, 0.1) is 6.04 Å². The van der Waals surface area contributed by atoms with Gasteiger partial charge < -0.3 is 10.2 Å². The first-order valence-corrected chi connectivity index (χ1v) is 7.60. The summed E-state index contributed by atoms with van der Waals surface area (Å²) in [6, 6.07) is 15.1. The van der Waals surface area contributed by atoms with Crippen molar-refractivity contribution in [3.63, 3.8) is 0 Å². The first-order chi connectivity index (χ1) is 10.9. The zero-order chi connectivity index (χ0) is 17.0. The number of rotatable bonds is 4. The number of aryl methyl sites for hydroxylation is 1. The second kappa shape index (κ2) is 7.09. The standard InChI is InChI=1S/C19H22N2O2/c1-13-5-7-16(8-6-13)14(2)21(4)19(23)17-9-11-18(12-10-17)20-15(3)22/h5-12,14H,1-4H3,(H,20,22). The molecule has 1 N–H and O–H groups in total. The zero-order valence-electron chi connectivity index (χ0n) is 14.0. The molecule has 1 unspecified atom stereocenters. The summed E-state index contributed by atoms with van der Waals surface area (Å²) >= 11 is 0. The Hall–Kier alpha value is -2.62. The number of hydrogen-bond acceptors (Lipinski definition) is 2. The van der Waals surface area contributed by atoms with Crippen molar-refractivity contribution in [2.24, 2.45) is 0 Å². The quantitative estimate of drug-likeness (QED) is 0.934. The average molecular weight is 310 g/mol. The van der Waals surface area contributed by atoms with E-state index in [9.17, 15) is 9.59 Å². The van der Waals surface area contributed by atoms with Crippen LogP contribution in [-0.2, 0) is 4.79 Å². The summed E-state index contributed by atoms with van der Waals surface area (Å²) in [5, 5.41) is 2.69. The third-order valence-electron chi connectivity index (χ3n) is 3.91. The highest BCUT2D eigenvalue weighted by Crippen LogP contribution is 2.21. The largest absolute Gasteiger partial charge is 0.335 e. The van der Waals surface area contributed by atoms with Gasteiger partial charge >= 0.3 is 0 Å². The van der Waals surface area contributed by atoms with Gasteiger partial charge in [-0.05, 0) is 43.7 Å². The van der Waals surface area contributed by atoms with E-state index in [-0.39, 0.29) is 17.9 Å². The maximum absolute atomic E-state index is 12.6. The Morgan fingerprint density at radius 1 is 1.00 bits per heavy atom. The zero-order valence-corrected chi connectivity index (χ0v) is 14.0. The molecule has 23 heavy (non-hydrogen) atoms. The van der Waals surface area contributed by atoms with Crippen LogP contribution in [0.5, 0.6) is 0 Å². The predicted molar refractivity (Wildman–Crippen MR) is 92.4 cm³/mol. The molecule has 0 aliphatic rings. The van der Waals surface area contributed by atoms with Gasteiger partial charge in [0.1, 0.15) is 0 Å². The molecule has 4 nitrogen and oxygen atoms in total. The van der Waals surface area contributed by atoms with Crippen molar-refractivity contribution in [2.75, 3.05) is 12.4 Å². The SMILES string of the molecule is CC(=O)Nc1ccc(C(=O)N(C)C(C)c2ccc(C)cc2)cc1. The molecule has 0 spiro atoms. The molecule has 0 heterocycles. The molecule has 1 atom stereocenters. The van der Waals surface area contributed by atoms with Gasteiger partial charge in [-0.3, -0.25) is 9.59 Å². The first kappa shape index (κ1) is 16.7. The Kier molecular flexibility index (Phi) is 5.16. The molecular weight excluding hydrogens is 288 g/mol. The van der Waals surface area contributed by atoms with Crippen LogP contribution in [-0.4, -0.2) is 23.8 Å². The molecular formula is C19H22N2O2.